The summed E-state index contributed by atoms with van der Waals surface area (Å²) in [5, 5.41) is 12.8. The second kappa shape index (κ2) is 7.49. The summed E-state index contributed by atoms with van der Waals surface area (Å²) in [6, 6.07) is 9.47. The Kier molecular flexibility index (Phi) is 4.69. The molecule has 2 bridgehead atoms. The SMILES string of the molecule is COc1cc(N2CC3CC(C2)O3)ccc1C(=O)NCc1nnc(-c2cccs2)o1. The lowest BCUT2D eigenvalue weighted by Gasteiger charge is -2.48. The van der Waals surface area contributed by atoms with Crippen LogP contribution in [0, 0.1) is 0 Å². The first-order chi connectivity index (χ1) is 14.2. The molecular weight excluding hydrogens is 392 g/mol. The first kappa shape index (κ1) is 18.1. The molecule has 0 saturated carbocycles. The fourth-order valence-corrected chi connectivity index (χ4v) is 4.35. The van der Waals surface area contributed by atoms with Crippen molar-refractivity contribution in [3.63, 3.8) is 0 Å². The molecule has 8 nitrogen and oxygen atoms in total. The number of piperidine rings is 1. The predicted octanol–water partition coefficient (Wildman–Crippen LogP) is 2.71. The van der Waals surface area contributed by atoms with Gasteiger partial charge in [0.2, 0.25) is 5.89 Å². The average molecular weight is 412 g/mol. The molecule has 5 heterocycles. The molecule has 3 saturated heterocycles. The lowest BCUT2D eigenvalue weighted by atomic mass is 9.98. The van der Waals surface area contributed by atoms with Gasteiger partial charge in [0.05, 0.1) is 36.3 Å². The number of ether oxygens (including phenoxy) is 2. The maximum atomic E-state index is 12.7. The van der Waals surface area contributed by atoms with Gasteiger partial charge in [-0.3, -0.25) is 4.79 Å². The number of thiophene rings is 1. The Morgan fingerprint density at radius 2 is 2.14 bits per heavy atom. The number of amides is 1. The Labute approximate surface area is 171 Å². The molecule has 29 heavy (non-hydrogen) atoms. The molecule has 0 aliphatic carbocycles. The molecule has 2 aromatic heterocycles. The van der Waals surface area contributed by atoms with Gasteiger partial charge < -0.3 is 24.1 Å². The minimum Gasteiger partial charge on any atom is -0.496 e. The van der Waals surface area contributed by atoms with Crippen LogP contribution >= 0.6 is 11.3 Å². The zero-order chi connectivity index (χ0) is 19.8. The quantitative estimate of drug-likeness (QED) is 0.666. The van der Waals surface area contributed by atoms with Gasteiger partial charge >= 0.3 is 0 Å². The van der Waals surface area contributed by atoms with Gasteiger partial charge in [0.25, 0.3) is 11.8 Å². The Morgan fingerprint density at radius 1 is 1.31 bits per heavy atom. The number of nitrogens with zero attached hydrogens (tertiary/aromatic N) is 3. The zero-order valence-electron chi connectivity index (χ0n) is 15.8. The maximum absolute atomic E-state index is 12.7. The molecule has 1 aromatic carbocycles. The van der Waals surface area contributed by atoms with E-state index in [1.807, 2.05) is 29.6 Å². The van der Waals surface area contributed by atoms with E-state index in [1.165, 1.54) is 11.3 Å². The van der Waals surface area contributed by atoms with Gasteiger partial charge in [0.1, 0.15) is 5.75 Å². The van der Waals surface area contributed by atoms with Gasteiger partial charge in [-0.2, -0.15) is 0 Å². The number of anilines is 1. The normalized spacial score (nSPS) is 20.2. The van der Waals surface area contributed by atoms with Crippen LogP contribution in [0.3, 0.4) is 0 Å². The van der Waals surface area contributed by atoms with Crippen molar-refractivity contribution in [1.82, 2.24) is 15.5 Å². The van der Waals surface area contributed by atoms with E-state index in [9.17, 15) is 4.79 Å². The monoisotopic (exact) mass is 412 g/mol. The molecule has 6 rings (SSSR count). The van der Waals surface area contributed by atoms with Gasteiger partial charge in [0, 0.05) is 31.3 Å². The second-order valence-corrected chi connectivity index (χ2v) is 8.01. The molecule has 150 valence electrons. The first-order valence-corrected chi connectivity index (χ1v) is 10.3. The number of nitrogens with one attached hydrogen (secondary N) is 1. The fraction of sp³-hybridized carbons (Fsp3) is 0.350. The molecule has 1 amide bonds. The number of aromatic nitrogens is 2. The molecule has 1 N–H and O–H groups in total. The Balaban J connectivity index is 1.25. The summed E-state index contributed by atoms with van der Waals surface area (Å²) in [5.74, 6) is 1.08. The van der Waals surface area contributed by atoms with Gasteiger partial charge in [-0.1, -0.05) is 6.07 Å². The van der Waals surface area contributed by atoms with Crippen molar-refractivity contribution in [2.24, 2.45) is 0 Å². The number of rotatable bonds is 6. The van der Waals surface area contributed by atoms with E-state index in [0.717, 1.165) is 30.1 Å². The van der Waals surface area contributed by atoms with E-state index in [0.29, 0.717) is 35.3 Å². The predicted molar refractivity (Wildman–Crippen MR) is 107 cm³/mol. The van der Waals surface area contributed by atoms with Crippen LogP contribution in [0.1, 0.15) is 22.7 Å². The standard InChI is InChI=1S/C20H20N4O4S/c1-26-16-7-12(24-10-13-8-14(11-24)27-13)4-5-15(16)19(25)21-9-18-22-23-20(28-18)17-3-2-6-29-17/h2-7,13-14H,8-11H2,1H3,(H,21,25). The highest BCUT2D eigenvalue weighted by molar-refractivity contribution is 7.13. The summed E-state index contributed by atoms with van der Waals surface area (Å²) in [4.78, 5) is 15.8. The fourth-order valence-electron chi connectivity index (χ4n) is 3.71. The molecule has 3 aliphatic rings. The van der Waals surface area contributed by atoms with Crippen LogP contribution in [-0.4, -0.2) is 48.5 Å². The van der Waals surface area contributed by atoms with Crippen molar-refractivity contribution in [1.29, 1.82) is 0 Å². The van der Waals surface area contributed by atoms with E-state index >= 15 is 0 Å². The molecule has 2 unspecified atom stereocenters. The van der Waals surface area contributed by atoms with Gasteiger partial charge in [-0.05, 0) is 23.6 Å². The largest absolute Gasteiger partial charge is 0.496 e. The van der Waals surface area contributed by atoms with Crippen molar-refractivity contribution in [2.45, 2.75) is 25.2 Å². The third-order valence-electron chi connectivity index (χ3n) is 5.15. The molecule has 0 radical (unpaired) electrons. The summed E-state index contributed by atoms with van der Waals surface area (Å²) < 4.78 is 16.8. The number of hydrogen-bond donors (Lipinski definition) is 1. The number of morpholine rings is 1. The van der Waals surface area contributed by atoms with Crippen molar-refractivity contribution in [2.75, 3.05) is 25.1 Å². The first-order valence-electron chi connectivity index (χ1n) is 9.42. The Morgan fingerprint density at radius 3 is 2.86 bits per heavy atom. The van der Waals surface area contributed by atoms with Crippen molar-refractivity contribution in [3.8, 4) is 16.5 Å². The molecule has 3 fully saturated rings. The zero-order valence-corrected chi connectivity index (χ0v) is 16.6. The Bertz CT molecular complexity index is 1000. The van der Waals surface area contributed by atoms with E-state index in [1.54, 1.807) is 13.2 Å². The lowest BCUT2D eigenvalue weighted by molar-refractivity contribution is -0.133. The number of carbonyl (C=O) groups is 1. The summed E-state index contributed by atoms with van der Waals surface area (Å²) in [6.45, 7) is 1.89. The van der Waals surface area contributed by atoms with E-state index in [2.05, 4.69) is 20.4 Å². The van der Waals surface area contributed by atoms with E-state index < -0.39 is 0 Å². The van der Waals surface area contributed by atoms with Crippen molar-refractivity contribution >= 4 is 22.9 Å². The summed E-state index contributed by atoms with van der Waals surface area (Å²) in [6.07, 6.45) is 1.77. The topological polar surface area (TPSA) is 89.7 Å². The highest BCUT2D eigenvalue weighted by Gasteiger charge is 2.38. The Hall–Kier alpha value is -2.91. The second-order valence-electron chi connectivity index (χ2n) is 7.07. The van der Waals surface area contributed by atoms with E-state index in [-0.39, 0.29) is 12.5 Å². The van der Waals surface area contributed by atoms with Crippen LogP contribution in [0.2, 0.25) is 0 Å². The molecule has 2 atom stereocenters. The summed E-state index contributed by atoms with van der Waals surface area (Å²) >= 11 is 1.52. The lowest BCUT2D eigenvalue weighted by Crippen LogP contribution is -2.57. The number of benzene rings is 1. The third-order valence-corrected chi connectivity index (χ3v) is 6.01. The van der Waals surface area contributed by atoms with Crippen LogP contribution in [0.25, 0.3) is 10.8 Å². The van der Waals surface area contributed by atoms with Crippen LogP contribution in [0.4, 0.5) is 5.69 Å². The van der Waals surface area contributed by atoms with Gasteiger partial charge in [0.15, 0.2) is 0 Å². The van der Waals surface area contributed by atoms with Gasteiger partial charge in [-0.25, -0.2) is 0 Å². The maximum Gasteiger partial charge on any atom is 0.257 e. The van der Waals surface area contributed by atoms with Gasteiger partial charge in [-0.15, -0.1) is 21.5 Å². The van der Waals surface area contributed by atoms with Crippen LogP contribution in [-0.2, 0) is 11.3 Å². The molecule has 9 heteroatoms. The van der Waals surface area contributed by atoms with Crippen LogP contribution in [0.15, 0.2) is 40.1 Å². The number of hydrogen-bond acceptors (Lipinski definition) is 8. The molecular formula is C20H20N4O4S. The molecule has 0 spiro atoms. The minimum absolute atomic E-state index is 0.148. The molecule has 3 aliphatic heterocycles. The number of carbonyl (C=O) groups excluding carboxylic acids is 1. The number of fused-ring (bicyclic) bond motifs is 2. The van der Waals surface area contributed by atoms with Crippen molar-refractivity contribution < 1.29 is 18.7 Å². The summed E-state index contributed by atoms with van der Waals surface area (Å²) in [5.41, 5.74) is 1.50. The highest BCUT2D eigenvalue weighted by atomic mass is 32.1. The third kappa shape index (κ3) is 3.58. The minimum atomic E-state index is -0.255. The highest BCUT2D eigenvalue weighted by Crippen LogP contribution is 2.33. The molecule has 3 aromatic rings. The van der Waals surface area contributed by atoms with E-state index in [4.69, 9.17) is 13.9 Å². The smallest absolute Gasteiger partial charge is 0.257 e. The number of methoxy groups -OCH3 is 1. The van der Waals surface area contributed by atoms with Crippen LogP contribution < -0.4 is 15.0 Å². The van der Waals surface area contributed by atoms with Crippen LogP contribution in [0.5, 0.6) is 5.75 Å². The van der Waals surface area contributed by atoms with Crippen molar-refractivity contribution in [3.05, 3.63) is 47.2 Å². The summed E-state index contributed by atoms with van der Waals surface area (Å²) in [7, 11) is 1.57. The average Bonchev–Trinajstić information content (AvgIpc) is 3.43.